The Morgan fingerprint density at radius 3 is 2.60 bits per heavy atom. The zero-order chi connectivity index (χ0) is 7.40. The lowest BCUT2D eigenvalue weighted by atomic mass is 9.87. The van der Waals surface area contributed by atoms with E-state index in [1.807, 2.05) is 0 Å². The molecule has 0 radical (unpaired) electrons. The molecule has 0 aromatic carbocycles. The van der Waals surface area contributed by atoms with Crippen LogP contribution in [0, 0.1) is 5.92 Å². The summed E-state index contributed by atoms with van der Waals surface area (Å²) in [5.41, 5.74) is 0. The number of hydrogen-bond donors (Lipinski definition) is 2. The first-order chi connectivity index (χ1) is 4.84. The normalized spacial score (nSPS) is 34.2. The van der Waals surface area contributed by atoms with E-state index in [9.17, 15) is 0 Å². The van der Waals surface area contributed by atoms with Crippen LogP contribution in [0.3, 0.4) is 0 Å². The third kappa shape index (κ3) is 2.17. The Kier molecular flexibility index (Phi) is 3.57. The van der Waals surface area contributed by atoms with Gasteiger partial charge >= 0.3 is 0 Å². The van der Waals surface area contributed by atoms with Crippen molar-refractivity contribution in [1.82, 2.24) is 0 Å². The maximum atomic E-state index is 8.70. The Labute approximate surface area is 68.2 Å². The summed E-state index contributed by atoms with van der Waals surface area (Å²) >= 11 is 4.48. The average molecular weight is 160 g/mol. The predicted octanol–water partition coefficient (Wildman–Crippen LogP) is 1.86. The van der Waals surface area contributed by atoms with Crippen molar-refractivity contribution < 1.29 is 5.11 Å². The summed E-state index contributed by atoms with van der Waals surface area (Å²) in [4.78, 5) is 0. The molecule has 1 saturated carbocycles. The largest absolute Gasteiger partial charge is 0.396 e. The van der Waals surface area contributed by atoms with Crippen LogP contribution in [0.4, 0.5) is 0 Å². The zero-order valence-electron chi connectivity index (χ0n) is 6.29. The summed E-state index contributed by atoms with van der Waals surface area (Å²) in [7, 11) is 0. The molecule has 10 heavy (non-hydrogen) atoms. The number of aliphatic hydroxyl groups excluding tert-OH is 1. The van der Waals surface area contributed by atoms with E-state index in [1.165, 1.54) is 25.7 Å². The van der Waals surface area contributed by atoms with Gasteiger partial charge in [-0.25, -0.2) is 0 Å². The molecule has 0 aromatic heterocycles. The third-order valence-corrected chi connectivity index (χ3v) is 3.05. The quantitative estimate of drug-likeness (QED) is 0.591. The van der Waals surface area contributed by atoms with E-state index in [1.54, 1.807) is 0 Å². The SMILES string of the molecule is OCCC1CCCCC1S. The van der Waals surface area contributed by atoms with Crippen molar-refractivity contribution in [3.05, 3.63) is 0 Å². The first kappa shape index (κ1) is 8.41. The van der Waals surface area contributed by atoms with Crippen molar-refractivity contribution in [1.29, 1.82) is 0 Å². The van der Waals surface area contributed by atoms with Gasteiger partial charge in [0.25, 0.3) is 0 Å². The molecule has 2 unspecified atom stereocenters. The molecule has 60 valence electrons. The van der Waals surface area contributed by atoms with E-state index in [0.717, 1.165) is 6.42 Å². The molecule has 0 heterocycles. The lowest BCUT2D eigenvalue weighted by molar-refractivity contribution is 0.234. The second kappa shape index (κ2) is 4.24. The number of aliphatic hydroxyl groups is 1. The molecule has 0 bridgehead atoms. The standard InChI is InChI=1S/C8H16OS/c9-6-5-7-3-1-2-4-8(7)10/h7-10H,1-6H2. The van der Waals surface area contributed by atoms with Crippen molar-refractivity contribution in [2.75, 3.05) is 6.61 Å². The minimum Gasteiger partial charge on any atom is -0.396 e. The Bertz CT molecular complexity index is 93.3. The second-order valence-corrected chi connectivity index (χ2v) is 3.79. The van der Waals surface area contributed by atoms with Crippen LogP contribution >= 0.6 is 12.6 Å². The summed E-state index contributed by atoms with van der Waals surface area (Å²) in [5.74, 6) is 0.682. The maximum absolute atomic E-state index is 8.70. The van der Waals surface area contributed by atoms with Crippen molar-refractivity contribution in [2.45, 2.75) is 37.4 Å². The fourth-order valence-corrected chi connectivity index (χ4v) is 2.17. The van der Waals surface area contributed by atoms with Gasteiger partial charge in [0.1, 0.15) is 0 Å². The summed E-state index contributed by atoms with van der Waals surface area (Å²) < 4.78 is 0. The highest BCUT2D eigenvalue weighted by Crippen LogP contribution is 2.30. The molecule has 0 saturated heterocycles. The Balaban J connectivity index is 2.25. The molecule has 0 aliphatic heterocycles. The summed E-state index contributed by atoms with van der Waals surface area (Å²) in [6, 6.07) is 0. The van der Waals surface area contributed by atoms with Gasteiger partial charge < -0.3 is 5.11 Å². The van der Waals surface area contributed by atoms with E-state index in [-0.39, 0.29) is 0 Å². The second-order valence-electron chi connectivity index (χ2n) is 3.12. The molecule has 1 rings (SSSR count). The highest BCUT2D eigenvalue weighted by Gasteiger charge is 2.20. The topological polar surface area (TPSA) is 20.2 Å². The van der Waals surface area contributed by atoms with Gasteiger partial charge in [-0.1, -0.05) is 12.8 Å². The summed E-state index contributed by atoms with van der Waals surface area (Å²) in [6.45, 7) is 0.335. The molecule has 0 aromatic rings. The third-order valence-electron chi connectivity index (χ3n) is 2.37. The fourth-order valence-electron chi connectivity index (χ4n) is 1.69. The van der Waals surface area contributed by atoms with E-state index >= 15 is 0 Å². The predicted molar refractivity (Wildman–Crippen MR) is 46.4 cm³/mol. The van der Waals surface area contributed by atoms with Gasteiger partial charge in [-0.15, -0.1) is 0 Å². The molecule has 1 nitrogen and oxygen atoms in total. The Morgan fingerprint density at radius 1 is 1.30 bits per heavy atom. The van der Waals surface area contributed by atoms with Crippen LogP contribution in [0.2, 0.25) is 0 Å². The highest BCUT2D eigenvalue weighted by molar-refractivity contribution is 7.81. The zero-order valence-corrected chi connectivity index (χ0v) is 7.19. The minimum absolute atomic E-state index is 0.335. The van der Waals surface area contributed by atoms with E-state index < -0.39 is 0 Å². The molecule has 2 heteroatoms. The van der Waals surface area contributed by atoms with Gasteiger partial charge in [0.05, 0.1) is 0 Å². The molecule has 1 N–H and O–H groups in total. The lowest BCUT2D eigenvalue weighted by Crippen LogP contribution is -2.20. The molecule has 1 aliphatic carbocycles. The first-order valence-electron chi connectivity index (χ1n) is 4.13. The average Bonchev–Trinajstić information content (AvgIpc) is 1.94. The number of thiol groups is 1. The molecule has 2 atom stereocenters. The van der Waals surface area contributed by atoms with Crippen LogP contribution in [0.15, 0.2) is 0 Å². The van der Waals surface area contributed by atoms with Gasteiger partial charge in [-0.05, 0) is 25.2 Å². The van der Waals surface area contributed by atoms with Crippen molar-refractivity contribution in [3.8, 4) is 0 Å². The first-order valence-corrected chi connectivity index (χ1v) is 4.65. The monoisotopic (exact) mass is 160 g/mol. The molecule has 0 spiro atoms. The Morgan fingerprint density at radius 2 is 2.00 bits per heavy atom. The highest BCUT2D eigenvalue weighted by atomic mass is 32.1. The lowest BCUT2D eigenvalue weighted by Gasteiger charge is -2.27. The van der Waals surface area contributed by atoms with Crippen LogP contribution < -0.4 is 0 Å². The van der Waals surface area contributed by atoms with Crippen LogP contribution in [0.1, 0.15) is 32.1 Å². The maximum Gasteiger partial charge on any atom is 0.0434 e. The summed E-state index contributed by atoms with van der Waals surface area (Å²) in [5, 5.41) is 9.26. The van der Waals surface area contributed by atoms with Gasteiger partial charge in [0.15, 0.2) is 0 Å². The van der Waals surface area contributed by atoms with E-state index in [2.05, 4.69) is 12.6 Å². The van der Waals surface area contributed by atoms with Gasteiger partial charge in [-0.3, -0.25) is 0 Å². The molecule has 0 amide bonds. The summed E-state index contributed by atoms with van der Waals surface area (Å²) in [6.07, 6.45) is 6.13. The smallest absolute Gasteiger partial charge is 0.0434 e. The van der Waals surface area contributed by atoms with Gasteiger partial charge in [0.2, 0.25) is 0 Å². The van der Waals surface area contributed by atoms with Crippen LogP contribution in [-0.2, 0) is 0 Å². The van der Waals surface area contributed by atoms with Crippen LogP contribution in [0.5, 0.6) is 0 Å². The number of hydrogen-bond acceptors (Lipinski definition) is 2. The molecule has 1 aliphatic rings. The van der Waals surface area contributed by atoms with Gasteiger partial charge in [0, 0.05) is 11.9 Å². The van der Waals surface area contributed by atoms with Crippen molar-refractivity contribution >= 4 is 12.6 Å². The van der Waals surface area contributed by atoms with Crippen LogP contribution in [-0.4, -0.2) is 17.0 Å². The minimum atomic E-state index is 0.335. The van der Waals surface area contributed by atoms with E-state index in [0.29, 0.717) is 17.8 Å². The van der Waals surface area contributed by atoms with Crippen molar-refractivity contribution in [2.24, 2.45) is 5.92 Å². The Hall–Kier alpha value is 0.310. The van der Waals surface area contributed by atoms with Gasteiger partial charge in [-0.2, -0.15) is 12.6 Å². The number of rotatable bonds is 2. The fraction of sp³-hybridized carbons (Fsp3) is 1.00. The van der Waals surface area contributed by atoms with E-state index in [4.69, 9.17) is 5.11 Å². The van der Waals surface area contributed by atoms with Crippen LogP contribution in [0.25, 0.3) is 0 Å². The molecule has 1 fully saturated rings. The van der Waals surface area contributed by atoms with Crippen molar-refractivity contribution in [3.63, 3.8) is 0 Å². The molecular weight excluding hydrogens is 144 g/mol. The molecular formula is C8H16OS.